The van der Waals surface area contributed by atoms with Crippen LogP contribution in [0.1, 0.15) is 6.42 Å². The maximum atomic E-state index is 11.5. The SMILES string of the molecule is O=[N+]([O-])C1C2CC3C([N+](=O)[O-])C1C([N+](=O)[O-])C(C2[N+](=O)[O-])C3[N+](=O)[O-]. The quantitative estimate of drug-likeness (QED) is 0.434. The average Bonchev–Trinajstić information content (AvgIpc) is 2.44. The summed E-state index contributed by atoms with van der Waals surface area (Å²) >= 11 is 0. The molecule has 25 heavy (non-hydrogen) atoms. The molecule has 0 N–H and O–H groups in total. The van der Waals surface area contributed by atoms with Crippen LogP contribution < -0.4 is 0 Å². The average molecular weight is 361 g/mol. The van der Waals surface area contributed by atoms with Crippen molar-refractivity contribution in [3.63, 3.8) is 0 Å². The third-order valence-electron chi connectivity index (χ3n) is 5.88. The molecule has 4 atom stereocenters. The van der Waals surface area contributed by atoms with E-state index in [4.69, 9.17) is 0 Å². The fraction of sp³-hybridized carbons (Fsp3) is 1.00. The molecule has 0 aromatic rings. The van der Waals surface area contributed by atoms with Gasteiger partial charge in [0.15, 0.2) is 11.8 Å². The first-order valence-corrected chi connectivity index (χ1v) is 7.27. The van der Waals surface area contributed by atoms with Crippen molar-refractivity contribution in [2.75, 3.05) is 0 Å². The van der Waals surface area contributed by atoms with Crippen molar-refractivity contribution in [2.45, 2.75) is 36.6 Å². The molecule has 0 heterocycles. The third kappa shape index (κ3) is 2.04. The minimum atomic E-state index is -2.08. The highest BCUT2D eigenvalue weighted by molar-refractivity contribution is 5.15. The van der Waals surface area contributed by atoms with Crippen LogP contribution in [0.15, 0.2) is 0 Å². The summed E-state index contributed by atoms with van der Waals surface area (Å²) in [5.74, 6) is -6.01. The first-order valence-electron chi connectivity index (χ1n) is 7.27. The second-order valence-corrected chi connectivity index (χ2v) is 6.60. The lowest BCUT2D eigenvalue weighted by atomic mass is 9.46. The van der Waals surface area contributed by atoms with Gasteiger partial charge < -0.3 is 0 Å². The van der Waals surface area contributed by atoms with Gasteiger partial charge in [-0.15, -0.1) is 0 Å². The Morgan fingerprint density at radius 3 is 0.920 bits per heavy atom. The van der Waals surface area contributed by atoms with Crippen molar-refractivity contribution in [2.24, 2.45) is 23.7 Å². The Kier molecular flexibility index (Phi) is 3.54. The highest BCUT2D eigenvalue weighted by atomic mass is 16.7. The zero-order valence-corrected chi connectivity index (χ0v) is 12.2. The van der Waals surface area contributed by atoms with Crippen molar-refractivity contribution in [3.05, 3.63) is 50.6 Å². The fourth-order valence-corrected chi connectivity index (χ4v) is 5.36. The van der Waals surface area contributed by atoms with E-state index in [1.54, 1.807) is 0 Å². The summed E-state index contributed by atoms with van der Waals surface area (Å²) in [5.41, 5.74) is 0. The van der Waals surface area contributed by atoms with Gasteiger partial charge in [0.05, 0.1) is 11.8 Å². The van der Waals surface area contributed by atoms with Crippen LogP contribution >= 0.6 is 0 Å². The Balaban J connectivity index is 2.24. The smallest absolute Gasteiger partial charge is 0.245 e. The summed E-state index contributed by atoms with van der Waals surface area (Å²) in [6.45, 7) is 0. The van der Waals surface area contributed by atoms with Gasteiger partial charge >= 0.3 is 0 Å². The van der Waals surface area contributed by atoms with Gasteiger partial charge in [-0.3, -0.25) is 50.6 Å². The van der Waals surface area contributed by atoms with E-state index in [-0.39, 0.29) is 0 Å². The maximum Gasteiger partial charge on any atom is 0.245 e. The van der Waals surface area contributed by atoms with Gasteiger partial charge in [0, 0.05) is 24.6 Å². The van der Waals surface area contributed by atoms with Crippen molar-refractivity contribution >= 4 is 0 Å². The van der Waals surface area contributed by atoms with Crippen LogP contribution in [0, 0.1) is 74.2 Å². The lowest BCUT2D eigenvalue weighted by Gasteiger charge is -2.52. The molecule has 4 bridgehead atoms. The fourth-order valence-electron chi connectivity index (χ4n) is 5.36. The number of nitrogens with zero attached hydrogens (tertiary/aromatic N) is 5. The predicted molar refractivity (Wildman–Crippen MR) is 72.5 cm³/mol. The Morgan fingerprint density at radius 1 is 0.480 bits per heavy atom. The Bertz CT molecular complexity index is 604. The van der Waals surface area contributed by atoms with E-state index in [0.717, 1.165) is 0 Å². The molecule has 136 valence electrons. The van der Waals surface area contributed by atoms with Gasteiger partial charge in [0.25, 0.3) is 0 Å². The number of rotatable bonds is 5. The summed E-state index contributed by atoms with van der Waals surface area (Å²) < 4.78 is 0. The Labute approximate surface area is 136 Å². The summed E-state index contributed by atoms with van der Waals surface area (Å²) in [6.07, 6.45) is -0.438. The molecule has 4 rings (SSSR count). The largest absolute Gasteiger partial charge is 0.264 e. The van der Waals surface area contributed by atoms with Gasteiger partial charge in [0.1, 0.15) is 0 Å². The van der Waals surface area contributed by atoms with Crippen molar-refractivity contribution in [3.8, 4) is 0 Å². The van der Waals surface area contributed by atoms with Crippen LogP contribution in [0.2, 0.25) is 0 Å². The molecule has 0 amide bonds. The molecule has 0 spiro atoms. The second-order valence-electron chi connectivity index (χ2n) is 6.60. The van der Waals surface area contributed by atoms with Crippen LogP contribution in [-0.2, 0) is 0 Å². The number of hydrogen-bond acceptors (Lipinski definition) is 10. The Hall–Kier alpha value is -3.00. The highest BCUT2D eigenvalue weighted by Crippen LogP contribution is 2.57. The minimum absolute atomic E-state index is 0.438. The maximum absolute atomic E-state index is 11.5. The van der Waals surface area contributed by atoms with Crippen LogP contribution in [0.5, 0.6) is 0 Å². The molecule has 0 aromatic heterocycles. The van der Waals surface area contributed by atoms with Gasteiger partial charge in [-0.1, -0.05) is 0 Å². The lowest BCUT2D eigenvalue weighted by molar-refractivity contribution is -0.709. The van der Waals surface area contributed by atoms with E-state index in [1.807, 2.05) is 0 Å². The summed E-state index contributed by atoms with van der Waals surface area (Å²) in [5, 5.41) is 57.1. The minimum Gasteiger partial charge on any atom is -0.264 e. The van der Waals surface area contributed by atoms with Crippen LogP contribution in [0.3, 0.4) is 0 Å². The normalized spacial score (nSPS) is 44.2. The van der Waals surface area contributed by atoms with E-state index in [9.17, 15) is 50.6 Å². The first kappa shape index (κ1) is 16.8. The van der Waals surface area contributed by atoms with Crippen molar-refractivity contribution < 1.29 is 24.6 Å². The van der Waals surface area contributed by atoms with Gasteiger partial charge in [-0.25, -0.2) is 0 Å². The van der Waals surface area contributed by atoms with Crippen LogP contribution in [0.4, 0.5) is 0 Å². The topological polar surface area (TPSA) is 216 Å². The lowest BCUT2D eigenvalue weighted by Crippen LogP contribution is -2.78. The molecule has 0 aliphatic heterocycles. The molecule has 4 aliphatic rings. The van der Waals surface area contributed by atoms with E-state index in [2.05, 4.69) is 0 Å². The third-order valence-corrected chi connectivity index (χ3v) is 5.88. The second kappa shape index (κ2) is 5.25. The summed E-state index contributed by atoms with van der Waals surface area (Å²) in [4.78, 5) is 52.3. The summed E-state index contributed by atoms with van der Waals surface area (Å²) in [6, 6.07) is -9.46. The molecule has 0 aromatic carbocycles. The predicted octanol–water partition coefficient (Wildman–Crippen LogP) is -0.891. The van der Waals surface area contributed by atoms with E-state index in [0.29, 0.717) is 0 Å². The van der Waals surface area contributed by atoms with Gasteiger partial charge in [-0.05, 0) is 6.42 Å². The van der Waals surface area contributed by atoms with Crippen LogP contribution in [-0.4, -0.2) is 54.8 Å². The molecule has 4 aliphatic carbocycles. The molecule has 4 fully saturated rings. The van der Waals surface area contributed by atoms with Crippen molar-refractivity contribution in [1.29, 1.82) is 0 Å². The number of hydrogen-bond donors (Lipinski definition) is 0. The van der Waals surface area contributed by atoms with Gasteiger partial charge in [-0.2, -0.15) is 0 Å². The van der Waals surface area contributed by atoms with E-state index in [1.165, 1.54) is 0 Å². The first-order chi connectivity index (χ1) is 11.6. The molecule has 0 saturated heterocycles. The zero-order valence-electron chi connectivity index (χ0n) is 12.2. The molecular formula is C10H11N5O10. The van der Waals surface area contributed by atoms with E-state index < -0.39 is 84.9 Å². The molecular weight excluding hydrogens is 350 g/mol. The molecule has 4 unspecified atom stereocenters. The van der Waals surface area contributed by atoms with Crippen molar-refractivity contribution in [1.82, 2.24) is 0 Å². The van der Waals surface area contributed by atoms with E-state index >= 15 is 0 Å². The van der Waals surface area contributed by atoms with Crippen LogP contribution in [0.25, 0.3) is 0 Å². The monoisotopic (exact) mass is 361 g/mol. The summed E-state index contributed by atoms with van der Waals surface area (Å²) in [7, 11) is 0. The molecule has 4 saturated carbocycles. The molecule has 15 heteroatoms. The standard InChI is InChI=1S/C10H11N5O10/c16-11(17)6-2-1-3-8(13(20)21)4(6)10(15(24)25)5(7(2)12(18)19)9(3)14(22)23/h2-10H,1H2. The molecule has 15 nitrogen and oxygen atoms in total. The number of nitro groups is 5. The zero-order chi connectivity index (χ0) is 18.8. The molecule has 0 radical (unpaired) electrons. The highest BCUT2D eigenvalue weighted by Gasteiger charge is 2.83. The van der Waals surface area contributed by atoms with Gasteiger partial charge in [0.2, 0.25) is 30.2 Å². The Morgan fingerprint density at radius 2 is 0.720 bits per heavy atom.